The molecule has 19 heavy (non-hydrogen) atoms. The molecule has 0 spiro atoms. The lowest BCUT2D eigenvalue weighted by molar-refractivity contribution is -0.387. The van der Waals surface area contributed by atoms with Crippen molar-refractivity contribution in [2.75, 3.05) is 6.61 Å². The van der Waals surface area contributed by atoms with Gasteiger partial charge in [-0.25, -0.2) is 13.1 Å². The van der Waals surface area contributed by atoms with Gasteiger partial charge in [-0.15, -0.1) is 0 Å². The number of aliphatic hydroxyl groups excluding tert-OH is 1. The molecule has 0 aromatic heterocycles. The van der Waals surface area contributed by atoms with Gasteiger partial charge in [-0.3, -0.25) is 10.1 Å². The minimum Gasteiger partial charge on any atom is -0.394 e. The van der Waals surface area contributed by atoms with Gasteiger partial charge in [0.05, 0.1) is 17.1 Å². The molecule has 0 bridgehead atoms. The Morgan fingerprint density at radius 3 is 2.53 bits per heavy atom. The smallest absolute Gasteiger partial charge is 0.290 e. The lowest BCUT2D eigenvalue weighted by atomic mass is 10.1. The molecule has 7 nitrogen and oxygen atoms in total. The molecule has 1 aromatic carbocycles. The van der Waals surface area contributed by atoms with Crippen LogP contribution in [0, 0.1) is 10.1 Å². The highest BCUT2D eigenvalue weighted by atomic mass is 35.5. The average Bonchev–Trinajstić information content (AvgIpc) is 2.27. The second-order valence-corrected chi connectivity index (χ2v) is 6.60. The Morgan fingerprint density at radius 1 is 1.47 bits per heavy atom. The molecule has 0 atom stereocenters. The molecule has 0 heterocycles. The minimum absolute atomic E-state index is 0.0621. The van der Waals surface area contributed by atoms with Crippen molar-refractivity contribution in [3.05, 3.63) is 33.3 Å². The third-order valence-corrected chi connectivity index (χ3v) is 4.19. The number of rotatable bonds is 5. The van der Waals surface area contributed by atoms with Crippen LogP contribution in [-0.2, 0) is 10.0 Å². The Kier molecular flexibility index (Phi) is 4.51. The van der Waals surface area contributed by atoms with E-state index in [1.54, 1.807) is 0 Å². The van der Waals surface area contributed by atoms with Gasteiger partial charge in [0.2, 0.25) is 10.0 Å². The number of hydrogen-bond donors (Lipinski definition) is 2. The maximum atomic E-state index is 12.1. The highest BCUT2D eigenvalue weighted by molar-refractivity contribution is 7.89. The number of hydrogen-bond acceptors (Lipinski definition) is 5. The van der Waals surface area contributed by atoms with Gasteiger partial charge in [-0.2, -0.15) is 0 Å². The first-order valence-electron chi connectivity index (χ1n) is 5.18. The molecular weight excluding hydrogens is 296 g/mol. The third kappa shape index (κ3) is 3.87. The molecule has 0 unspecified atom stereocenters. The van der Waals surface area contributed by atoms with E-state index in [0.29, 0.717) is 0 Å². The van der Waals surface area contributed by atoms with Crippen LogP contribution in [0.3, 0.4) is 0 Å². The van der Waals surface area contributed by atoms with Crippen LogP contribution >= 0.6 is 11.6 Å². The van der Waals surface area contributed by atoms with E-state index in [2.05, 4.69) is 4.72 Å². The van der Waals surface area contributed by atoms with E-state index >= 15 is 0 Å². The fourth-order valence-corrected chi connectivity index (χ4v) is 3.04. The molecule has 0 saturated carbocycles. The molecule has 9 heteroatoms. The van der Waals surface area contributed by atoms with Gasteiger partial charge in [-0.1, -0.05) is 11.6 Å². The average molecular weight is 309 g/mol. The van der Waals surface area contributed by atoms with Gasteiger partial charge >= 0.3 is 0 Å². The van der Waals surface area contributed by atoms with E-state index in [-0.39, 0.29) is 5.02 Å². The van der Waals surface area contributed by atoms with Gasteiger partial charge in [0, 0.05) is 11.1 Å². The molecule has 1 rings (SSSR count). The number of aliphatic hydroxyl groups is 1. The van der Waals surface area contributed by atoms with Crippen LogP contribution in [0.15, 0.2) is 23.1 Å². The highest BCUT2D eigenvalue weighted by Gasteiger charge is 2.31. The van der Waals surface area contributed by atoms with E-state index in [1.807, 2.05) is 0 Å². The van der Waals surface area contributed by atoms with Crippen molar-refractivity contribution in [2.45, 2.75) is 24.3 Å². The van der Waals surface area contributed by atoms with Crippen LogP contribution in [0.25, 0.3) is 0 Å². The summed E-state index contributed by atoms with van der Waals surface area (Å²) in [5.74, 6) is 0. The molecule has 2 N–H and O–H groups in total. The van der Waals surface area contributed by atoms with Gasteiger partial charge in [-0.05, 0) is 26.0 Å². The molecule has 106 valence electrons. The predicted molar refractivity (Wildman–Crippen MR) is 69.6 cm³/mol. The number of benzene rings is 1. The molecule has 0 amide bonds. The Labute approximate surface area is 115 Å². The topological polar surface area (TPSA) is 110 Å². The Hall–Kier alpha value is -1.22. The van der Waals surface area contributed by atoms with Crippen LogP contribution in [0.2, 0.25) is 5.02 Å². The zero-order valence-corrected chi connectivity index (χ0v) is 11.8. The van der Waals surface area contributed by atoms with Crippen molar-refractivity contribution in [3.8, 4) is 0 Å². The normalized spacial score (nSPS) is 12.4. The number of nitrogens with zero attached hydrogens (tertiary/aromatic N) is 1. The fraction of sp³-hybridized carbons (Fsp3) is 0.400. The number of nitrogens with one attached hydrogen (secondary N) is 1. The zero-order valence-electron chi connectivity index (χ0n) is 10.3. The lowest BCUT2D eigenvalue weighted by Gasteiger charge is -2.23. The first kappa shape index (κ1) is 15.8. The minimum atomic E-state index is -4.13. The monoisotopic (exact) mass is 308 g/mol. The number of nitro benzene ring substituents is 1. The first-order valence-corrected chi connectivity index (χ1v) is 7.04. The third-order valence-electron chi connectivity index (χ3n) is 2.21. The lowest BCUT2D eigenvalue weighted by Crippen LogP contribution is -2.46. The zero-order chi connectivity index (χ0) is 14.8. The van der Waals surface area contributed by atoms with Gasteiger partial charge in [0.1, 0.15) is 0 Å². The molecule has 1 aromatic rings. The number of halogens is 1. The second kappa shape index (κ2) is 5.41. The van der Waals surface area contributed by atoms with E-state index in [0.717, 1.165) is 12.1 Å². The number of sulfonamides is 1. The van der Waals surface area contributed by atoms with Gasteiger partial charge < -0.3 is 5.11 Å². The summed E-state index contributed by atoms with van der Waals surface area (Å²) >= 11 is 5.61. The highest BCUT2D eigenvalue weighted by Crippen LogP contribution is 2.27. The van der Waals surface area contributed by atoms with Crippen molar-refractivity contribution in [1.29, 1.82) is 0 Å². The summed E-state index contributed by atoms with van der Waals surface area (Å²) in [6.07, 6.45) is 0. The molecule has 0 aliphatic heterocycles. The standard InChI is InChI=1S/C10H13ClN2O5S/c1-10(2,6-14)12-19(17,18)9-4-3-7(11)5-8(9)13(15)16/h3-5,12,14H,6H2,1-2H3. The predicted octanol–water partition coefficient (Wildman–Crippen LogP) is 1.30. The van der Waals surface area contributed by atoms with Crippen LogP contribution in [0.5, 0.6) is 0 Å². The van der Waals surface area contributed by atoms with Crippen molar-refractivity contribution in [2.24, 2.45) is 0 Å². The Morgan fingerprint density at radius 2 is 2.05 bits per heavy atom. The van der Waals surface area contributed by atoms with Crippen LogP contribution in [-0.4, -0.2) is 30.6 Å². The first-order chi connectivity index (χ1) is 8.59. The maximum absolute atomic E-state index is 12.1. The van der Waals surface area contributed by atoms with Crippen molar-refractivity contribution in [1.82, 2.24) is 4.72 Å². The Bertz CT molecular complexity index is 600. The van der Waals surface area contributed by atoms with Crippen LogP contribution in [0.4, 0.5) is 5.69 Å². The molecular formula is C10H13ClN2O5S. The SMILES string of the molecule is CC(C)(CO)NS(=O)(=O)c1ccc(Cl)cc1[N+](=O)[O-]. The summed E-state index contributed by atoms with van der Waals surface area (Å²) < 4.78 is 26.3. The maximum Gasteiger partial charge on any atom is 0.290 e. The summed E-state index contributed by atoms with van der Waals surface area (Å²) in [7, 11) is -4.13. The summed E-state index contributed by atoms with van der Waals surface area (Å²) in [5.41, 5.74) is -1.75. The van der Waals surface area contributed by atoms with Crippen LogP contribution < -0.4 is 4.72 Å². The summed E-state index contributed by atoms with van der Waals surface area (Å²) in [4.78, 5) is 9.54. The number of nitro groups is 1. The van der Waals surface area contributed by atoms with Gasteiger partial charge in [0.15, 0.2) is 4.90 Å². The molecule has 0 aliphatic carbocycles. The molecule has 0 saturated heterocycles. The van der Waals surface area contributed by atoms with E-state index < -0.39 is 37.7 Å². The largest absolute Gasteiger partial charge is 0.394 e. The van der Waals surface area contributed by atoms with E-state index in [4.69, 9.17) is 16.7 Å². The van der Waals surface area contributed by atoms with E-state index in [9.17, 15) is 18.5 Å². The molecule has 0 aliphatic rings. The molecule has 0 fully saturated rings. The summed E-state index contributed by atoms with van der Waals surface area (Å²) in [6, 6.07) is 3.26. The summed E-state index contributed by atoms with van der Waals surface area (Å²) in [5, 5.41) is 20.0. The quantitative estimate of drug-likeness (QED) is 0.629. The summed E-state index contributed by atoms with van der Waals surface area (Å²) in [6.45, 7) is 2.45. The van der Waals surface area contributed by atoms with Gasteiger partial charge in [0.25, 0.3) is 5.69 Å². The Balaban J connectivity index is 3.33. The van der Waals surface area contributed by atoms with Crippen molar-refractivity contribution >= 4 is 27.3 Å². The second-order valence-electron chi connectivity index (χ2n) is 4.52. The van der Waals surface area contributed by atoms with Crippen molar-refractivity contribution < 1.29 is 18.4 Å². The van der Waals surface area contributed by atoms with E-state index in [1.165, 1.54) is 19.9 Å². The van der Waals surface area contributed by atoms with Crippen molar-refractivity contribution in [3.63, 3.8) is 0 Å². The molecule has 0 radical (unpaired) electrons. The fourth-order valence-electron chi connectivity index (χ4n) is 1.31. The van der Waals surface area contributed by atoms with Crippen LogP contribution in [0.1, 0.15) is 13.8 Å².